The van der Waals surface area contributed by atoms with E-state index in [9.17, 15) is 9.59 Å². The van der Waals surface area contributed by atoms with Gasteiger partial charge in [-0.3, -0.25) is 10.1 Å². The highest BCUT2D eigenvalue weighted by atomic mass is 32.1. The fourth-order valence-electron chi connectivity index (χ4n) is 2.01. The second-order valence-electron chi connectivity index (χ2n) is 4.93. The van der Waals surface area contributed by atoms with Crippen LogP contribution in [-0.2, 0) is 4.74 Å². The average molecular weight is 358 g/mol. The second-order valence-corrected chi connectivity index (χ2v) is 5.34. The van der Waals surface area contributed by atoms with Gasteiger partial charge in [-0.15, -0.1) is 0 Å². The van der Waals surface area contributed by atoms with Crippen molar-refractivity contribution in [1.29, 1.82) is 0 Å². The normalized spacial score (nSPS) is 9.84. The summed E-state index contributed by atoms with van der Waals surface area (Å²) in [5.74, 6) is -0.0462. The third-order valence-electron chi connectivity index (χ3n) is 3.22. The molecule has 0 heterocycles. The van der Waals surface area contributed by atoms with Gasteiger partial charge in [-0.05, 0) is 67.7 Å². The van der Waals surface area contributed by atoms with Crippen LogP contribution in [0.1, 0.15) is 27.6 Å². The van der Waals surface area contributed by atoms with Gasteiger partial charge in [0.1, 0.15) is 5.75 Å². The standard InChI is InChI=1S/C18H18N2O4S/c1-3-24-15-10-6-12(7-11-15)16(21)20-18(25)19-14-8-4-13(5-9-14)17(22)23-2/h4-11H,3H2,1-2H3,(H2,19,20,21,25). The quantitative estimate of drug-likeness (QED) is 0.632. The summed E-state index contributed by atoms with van der Waals surface area (Å²) >= 11 is 5.13. The average Bonchev–Trinajstić information content (AvgIpc) is 2.62. The first-order chi connectivity index (χ1) is 12.0. The van der Waals surface area contributed by atoms with Crippen LogP contribution in [0.15, 0.2) is 48.5 Å². The lowest BCUT2D eigenvalue weighted by molar-refractivity contribution is 0.0600. The van der Waals surface area contributed by atoms with Gasteiger partial charge in [-0.1, -0.05) is 0 Å². The smallest absolute Gasteiger partial charge is 0.337 e. The summed E-state index contributed by atoms with van der Waals surface area (Å²) in [4.78, 5) is 23.5. The Labute approximate surface area is 151 Å². The van der Waals surface area contributed by atoms with Crippen LogP contribution in [0.4, 0.5) is 5.69 Å². The van der Waals surface area contributed by atoms with Crippen LogP contribution in [0, 0.1) is 0 Å². The van der Waals surface area contributed by atoms with E-state index in [0.29, 0.717) is 29.2 Å². The molecule has 0 radical (unpaired) electrons. The van der Waals surface area contributed by atoms with Crippen molar-refractivity contribution >= 4 is 34.9 Å². The number of esters is 1. The Bertz CT molecular complexity index is 758. The summed E-state index contributed by atoms with van der Waals surface area (Å²) in [6, 6.07) is 13.3. The summed E-state index contributed by atoms with van der Waals surface area (Å²) < 4.78 is 9.96. The molecule has 7 heteroatoms. The van der Waals surface area contributed by atoms with Crippen LogP contribution in [0.25, 0.3) is 0 Å². The van der Waals surface area contributed by atoms with E-state index >= 15 is 0 Å². The minimum absolute atomic E-state index is 0.157. The predicted octanol–water partition coefficient (Wildman–Crippen LogP) is 3.00. The maximum Gasteiger partial charge on any atom is 0.337 e. The molecular formula is C18H18N2O4S. The molecule has 0 aliphatic heterocycles. The van der Waals surface area contributed by atoms with Gasteiger partial charge in [-0.25, -0.2) is 4.79 Å². The molecular weight excluding hydrogens is 340 g/mol. The number of anilines is 1. The van der Waals surface area contributed by atoms with Gasteiger partial charge in [0.25, 0.3) is 5.91 Å². The molecule has 2 rings (SSSR count). The molecule has 130 valence electrons. The number of carbonyl (C=O) groups excluding carboxylic acids is 2. The molecule has 0 unspecified atom stereocenters. The Hall–Kier alpha value is -2.93. The zero-order chi connectivity index (χ0) is 18.2. The van der Waals surface area contributed by atoms with Crippen molar-refractivity contribution in [3.05, 3.63) is 59.7 Å². The highest BCUT2D eigenvalue weighted by molar-refractivity contribution is 7.80. The Kier molecular flexibility index (Phi) is 6.47. The molecule has 25 heavy (non-hydrogen) atoms. The van der Waals surface area contributed by atoms with Gasteiger partial charge >= 0.3 is 5.97 Å². The van der Waals surface area contributed by atoms with Crippen molar-refractivity contribution in [1.82, 2.24) is 5.32 Å². The SMILES string of the molecule is CCOc1ccc(C(=O)NC(=S)Nc2ccc(C(=O)OC)cc2)cc1. The minimum Gasteiger partial charge on any atom is -0.494 e. The Morgan fingerprint density at radius 1 is 1.00 bits per heavy atom. The van der Waals surface area contributed by atoms with Crippen LogP contribution in [0.2, 0.25) is 0 Å². The van der Waals surface area contributed by atoms with Crippen molar-refractivity contribution < 1.29 is 19.1 Å². The second kappa shape index (κ2) is 8.79. The van der Waals surface area contributed by atoms with E-state index in [1.807, 2.05) is 6.92 Å². The third kappa shape index (κ3) is 5.29. The van der Waals surface area contributed by atoms with Crippen LogP contribution in [0.5, 0.6) is 5.75 Å². The van der Waals surface area contributed by atoms with E-state index in [4.69, 9.17) is 17.0 Å². The summed E-state index contributed by atoms with van der Waals surface area (Å²) in [6.07, 6.45) is 0. The van der Waals surface area contributed by atoms with E-state index in [0.717, 1.165) is 0 Å². The lowest BCUT2D eigenvalue weighted by Gasteiger charge is -2.10. The molecule has 0 aliphatic rings. The van der Waals surface area contributed by atoms with Crippen molar-refractivity contribution in [2.75, 3.05) is 19.0 Å². The van der Waals surface area contributed by atoms with E-state index in [1.54, 1.807) is 48.5 Å². The molecule has 0 atom stereocenters. The zero-order valence-electron chi connectivity index (χ0n) is 13.9. The van der Waals surface area contributed by atoms with Gasteiger partial charge < -0.3 is 14.8 Å². The van der Waals surface area contributed by atoms with E-state index in [2.05, 4.69) is 15.4 Å². The first-order valence-electron chi connectivity index (χ1n) is 7.57. The van der Waals surface area contributed by atoms with Gasteiger partial charge in [-0.2, -0.15) is 0 Å². The summed E-state index contributed by atoms with van der Waals surface area (Å²) in [6.45, 7) is 2.46. The summed E-state index contributed by atoms with van der Waals surface area (Å²) in [5, 5.41) is 5.63. The summed E-state index contributed by atoms with van der Waals surface area (Å²) in [5.41, 5.74) is 1.54. The van der Waals surface area contributed by atoms with Crippen LogP contribution in [0.3, 0.4) is 0 Å². The number of rotatable bonds is 5. The van der Waals surface area contributed by atoms with E-state index in [1.165, 1.54) is 7.11 Å². The highest BCUT2D eigenvalue weighted by Gasteiger charge is 2.09. The van der Waals surface area contributed by atoms with Crippen LogP contribution < -0.4 is 15.4 Å². The first-order valence-corrected chi connectivity index (χ1v) is 7.98. The number of hydrogen-bond donors (Lipinski definition) is 2. The Morgan fingerprint density at radius 2 is 1.60 bits per heavy atom. The van der Waals surface area contributed by atoms with E-state index < -0.39 is 5.97 Å². The number of benzene rings is 2. The number of methoxy groups -OCH3 is 1. The Balaban J connectivity index is 1.92. The maximum absolute atomic E-state index is 12.2. The molecule has 2 aromatic carbocycles. The number of nitrogens with one attached hydrogen (secondary N) is 2. The number of ether oxygens (including phenoxy) is 2. The van der Waals surface area contributed by atoms with Crippen molar-refractivity contribution in [2.45, 2.75) is 6.92 Å². The minimum atomic E-state index is -0.419. The van der Waals surface area contributed by atoms with Gasteiger partial charge in [0.15, 0.2) is 5.11 Å². The van der Waals surface area contributed by atoms with Crippen LogP contribution in [-0.4, -0.2) is 30.7 Å². The number of carbonyl (C=O) groups is 2. The number of hydrogen-bond acceptors (Lipinski definition) is 5. The monoisotopic (exact) mass is 358 g/mol. The molecule has 6 nitrogen and oxygen atoms in total. The summed E-state index contributed by atoms with van der Waals surface area (Å²) in [7, 11) is 1.32. The van der Waals surface area contributed by atoms with Crippen LogP contribution >= 0.6 is 12.2 Å². The molecule has 0 bridgehead atoms. The van der Waals surface area contributed by atoms with Crippen molar-refractivity contribution in [3.8, 4) is 5.75 Å². The fraction of sp³-hybridized carbons (Fsp3) is 0.167. The molecule has 0 spiro atoms. The van der Waals surface area contributed by atoms with Crippen molar-refractivity contribution in [3.63, 3.8) is 0 Å². The lowest BCUT2D eigenvalue weighted by atomic mass is 10.2. The zero-order valence-corrected chi connectivity index (χ0v) is 14.7. The Morgan fingerprint density at radius 3 is 2.16 bits per heavy atom. The first kappa shape index (κ1) is 18.4. The molecule has 0 fully saturated rings. The molecule has 1 amide bonds. The fourth-order valence-corrected chi connectivity index (χ4v) is 2.22. The number of amides is 1. The molecule has 0 saturated carbocycles. The molecule has 0 saturated heterocycles. The largest absolute Gasteiger partial charge is 0.494 e. The van der Waals surface area contributed by atoms with Crippen molar-refractivity contribution in [2.24, 2.45) is 0 Å². The van der Waals surface area contributed by atoms with E-state index in [-0.39, 0.29) is 11.0 Å². The molecule has 0 aliphatic carbocycles. The van der Waals surface area contributed by atoms with Gasteiger partial charge in [0.2, 0.25) is 0 Å². The molecule has 0 aromatic heterocycles. The third-order valence-corrected chi connectivity index (χ3v) is 3.42. The number of thiocarbonyl (C=S) groups is 1. The highest BCUT2D eigenvalue weighted by Crippen LogP contribution is 2.13. The van der Waals surface area contributed by atoms with Gasteiger partial charge in [0, 0.05) is 11.3 Å². The van der Waals surface area contributed by atoms with Gasteiger partial charge in [0.05, 0.1) is 19.3 Å². The predicted molar refractivity (Wildman–Crippen MR) is 99.1 cm³/mol. The maximum atomic E-state index is 12.2. The lowest BCUT2D eigenvalue weighted by Crippen LogP contribution is -2.34. The molecule has 2 N–H and O–H groups in total. The molecule has 2 aromatic rings. The topological polar surface area (TPSA) is 76.7 Å².